The van der Waals surface area contributed by atoms with Crippen LogP contribution in [0.25, 0.3) is 0 Å². The van der Waals surface area contributed by atoms with E-state index in [1.54, 1.807) is 6.07 Å². The Balaban J connectivity index is 2.04. The number of phenols is 1. The molecule has 0 amide bonds. The molecule has 3 heteroatoms. The monoisotopic (exact) mass is 316 g/mol. The highest BCUT2D eigenvalue weighted by molar-refractivity contribution is 6.30. The summed E-state index contributed by atoms with van der Waals surface area (Å²) in [7, 11) is 0. The summed E-state index contributed by atoms with van der Waals surface area (Å²) in [5.74, 6) is 3.48. The van der Waals surface area contributed by atoms with Crippen molar-refractivity contribution in [2.24, 2.45) is 5.92 Å². The molecule has 0 aromatic heterocycles. The molecule has 1 aromatic rings. The molecule has 0 heterocycles. The Labute approximate surface area is 136 Å². The molecule has 1 saturated carbocycles. The van der Waals surface area contributed by atoms with Crippen LogP contribution in [0, 0.1) is 17.2 Å². The molecule has 22 heavy (non-hydrogen) atoms. The Bertz CT molecular complexity index is 657. The zero-order chi connectivity index (χ0) is 15.8. The van der Waals surface area contributed by atoms with Gasteiger partial charge in [-0.3, -0.25) is 0 Å². The van der Waals surface area contributed by atoms with Gasteiger partial charge in [-0.25, -0.2) is 0 Å². The van der Waals surface area contributed by atoms with E-state index >= 15 is 0 Å². The minimum atomic E-state index is -0.967. The summed E-state index contributed by atoms with van der Waals surface area (Å²) in [6.07, 6.45) is 6.93. The number of aryl methyl sites for hydroxylation is 1. The zero-order valence-corrected chi connectivity index (χ0v) is 13.4. The molecule has 2 N–H and O–H groups in total. The lowest BCUT2D eigenvalue weighted by Crippen LogP contribution is -2.49. The minimum Gasteiger partial charge on any atom is -0.508 e. The highest BCUT2D eigenvalue weighted by atomic mass is 35.5. The third kappa shape index (κ3) is 2.43. The number of allylic oxidation sites excluding steroid dienone is 1. The number of aliphatic hydroxyl groups is 1. The summed E-state index contributed by atoms with van der Waals surface area (Å²) in [5, 5.41) is 22.8. The van der Waals surface area contributed by atoms with E-state index in [1.165, 1.54) is 11.1 Å². The number of phenolic OH excluding ortho intramolecular Hbond substituents is 1. The van der Waals surface area contributed by atoms with Gasteiger partial charge in [0, 0.05) is 10.8 Å². The van der Waals surface area contributed by atoms with Gasteiger partial charge in [-0.1, -0.05) is 18.1 Å². The highest BCUT2D eigenvalue weighted by Crippen LogP contribution is 2.54. The van der Waals surface area contributed by atoms with Crippen LogP contribution in [-0.4, -0.2) is 15.8 Å². The van der Waals surface area contributed by atoms with E-state index in [9.17, 15) is 10.2 Å². The van der Waals surface area contributed by atoms with Crippen molar-refractivity contribution < 1.29 is 10.2 Å². The maximum atomic E-state index is 10.7. The summed E-state index contributed by atoms with van der Waals surface area (Å²) >= 11 is 5.53. The minimum absolute atomic E-state index is 0.00323. The van der Waals surface area contributed by atoms with Crippen LogP contribution < -0.4 is 0 Å². The van der Waals surface area contributed by atoms with Crippen LogP contribution in [0.3, 0.4) is 0 Å². The molecule has 0 saturated heterocycles. The largest absolute Gasteiger partial charge is 0.508 e. The second-order valence-corrected chi connectivity index (χ2v) is 6.87. The van der Waals surface area contributed by atoms with Crippen LogP contribution in [0.1, 0.15) is 43.2 Å². The Morgan fingerprint density at radius 3 is 2.95 bits per heavy atom. The van der Waals surface area contributed by atoms with Gasteiger partial charge in [-0.15, -0.1) is 6.58 Å². The molecular formula is C19H21ClO2. The molecule has 0 bridgehead atoms. The molecular weight excluding hydrogens is 296 g/mol. The average molecular weight is 317 g/mol. The molecule has 0 unspecified atom stereocenters. The molecule has 2 nitrogen and oxygen atoms in total. The first-order valence-corrected chi connectivity index (χ1v) is 8.19. The topological polar surface area (TPSA) is 40.5 Å². The third-order valence-corrected chi connectivity index (χ3v) is 5.62. The molecule has 116 valence electrons. The predicted molar refractivity (Wildman–Crippen MR) is 88.8 cm³/mol. The molecule has 1 aromatic carbocycles. The van der Waals surface area contributed by atoms with Gasteiger partial charge in [0.05, 0.1) is 0 Å². The lowest BCUT2D eigenvalue weighted by atomic mass is 9.53. The maximum Gasteiger partial charge on any atom is 0.127 e. The van der Waals surface area contributed by atoms with Gasteiger partial charge < -0.3 is 10.2 Å². The molecule has 2 aliphatic carbocycles. The molecule has 3 rings (SSSR count). The van der Waals surface area contributed by atoms with Crippen LogP contribution in [-0.2, 0) is 11.8 Å². The van der Waals surface area contributed by atoms with Crippen molar-refractivity contribution in [3.8, 4) is 17.0 Å². The van der Waals surface area contributed by atoms with E-state index in [1.807, 2.05) is 12.1 Å². The Hall–Kier alpha value is -1.43. The van der Waals surface area contributed by atoms with Gasteiger partial charge in [0.15, 0.2) is 0 Å². The van der Waals surface area contributed by atoms with Crippen LogP contribution in [0.5, 0.6) is 5.75 Å². The van der Waals surface area contributed by atoms with Crippen molar-refractivity contribution >= 4 is 11.6 Å². The molecule has 3 atom stereocenters. The fourth-order valence-electron chi connectivity index (χ4n) is 4.51. The summed E-state index contributed by atoms with van der Waals surface area (Å²) in [4.78, 5) is 0. The maximum absolute atomic E-state index is 10.7. The Morgan fingerprint density at radius 1 is 1.41 bits per heavy atom. The van der Waals surface area contributed by atoms with Crippen LogP contribution in [0.15, 0.2) is 30.9 Å². The van der Waals surface area contributed by atoms with E-state index in [2.05, 4.69) is 23.9 Å². The first-order valence-electron chi connectivity index (χ1n) is 7.81. The normalized spacial score (nSPS) is 33.1. The standard InChI is InChI=1S/C19H21ClO2/c1-2-7-19-9-8-18(22,10-11-20)13-15(19)4-3-14-12-16(21)5-6-17(14)19/h2,5-6,12,15,21-22H,1,3-4,7-9,13H2/t15-,18+,19+/m0/s1. The van der Waals surface area contributed by atoms with Crippen molar-refractivity contribution in [1.29, 1.82) is 0 Å². The van der Waals surface area contributed by atoms with Crippen LogP contribution >= 0.6 is 11.6 Å². The highest BCUT2D eigenvalue weighted by Gasteiger charge is 2.50. The van der Waals surface area contributed by atoms with E-state index in [0.717, 1.165) is 25.7 Å². The number of rotatable bonds is 2. The fourth-order valence-corrected chi connectivity index (χ4v) is 4.69. The summed E-state index contributed by atoms with van der Waals surface area (Å²) < 4.78 is 0. The van der Waals surface area contributed by atoms with Gasteiger partial charge in [-0.2, -0.15) is 0 Å². The number of aromatic hydroxyl groups is 1. The molecule has 0 aliphatic heterocycles. The van der Waals surface area contributed by atoms with Gasteiger partial charge in [-0.05, 0) is 79.3 Å². The summed E-state index contributed by atoms with van der Waals surface area (Å²) in [6.45, 7) is 3.94. The molecule has 1 fully saturated rings. The SMILES string of the molecule is C=CC[C@@]12CC[C@@](O)(C#CCl)C[C@@H]1CCc1cc(O)ccc12. The van der Waals surface area contributed by atoms with E-state index < -0.39 is 5.60 Å². The smallest absolute Gasteiger partial charge is 0.127 e. The van der Waals surface area contributed by atoms with Crippen LogP contribution in [0.2, 0.25) is 0 Å². The quantitative estimate of drug-likeness (QED) is 0.642. The average Bonchev–Trinajstić information content (AvgIpc) is 2.48. The second kappa shape index (κ2) is 5.65. The summed E-state index contributed by atoms with van der Waals surface area (Å²) in [6, 6.07) is 5.71. The van der Waals surface area contributed by atoms with E-state index in [0.29, 0.717) is 24.5 Å². The van der Waals surface area contributed by atoms with Gasteiger partial charge >= 0.3 is 0 Å². The van der Waals surface area contributed by atoms with Crippen molar-refractivity contribution in [2.45, 2.75) is 49.5 Å². The summed E-state index contributed by atoms with van der Waals surface area (Å²) in [5.41, 5.74) is 1.57. The Morgan fingerprint density at radius 2 is 2.23 bits per heavy atom. The van der Waals surface area contributed by atoms with Crippen molar-refractivity contribution in [3.63, 3.8) is 0 Å². The van der Waals surface area contributed by atoms with Gasteiger partial charge in [0.1, 0.15) is 11.4 Å². The Kier molecular flexibility index (Phi) is 3.97. The van der Waals surface area contributed by atoms with E-state index in [-0.39, 0.29) is 5.41 Å². The number of fused-ring (bicyclic) bond motifs is 3. The first-order chi connectivity index (χ1) is 10.5. The van der Waals surface area contributed by atoms with Crippen molar-refractivity contribution in [2.75, 3.05) is 0 Å². The number of hydrogen-bond donors (Lipinski definition) is 2. The lowest BCUT2D eigenvalue weighted by Gasteiger charge is -2.52. The first kappa shape index (κ1) is 15.5. The van der Waals surface area contributed by atoms with Gasteiger partial charge in [0.2, 0.25) is 0 Å². The number of halogens is 1. The molecule has 0 spiro atoms. The third-order valence-electron chi connectivity index (χ3n) is 5.53. The van der Waals surface area contributed by atoms with E-state index in [4.69, 9.17) is 11.6 Å². The van der Waals surface area contributed by atoms with Crippen molar-refractivity contribution in [3.05, 3.63) is 42.0 Å². The molecule has 0 radical (unpaired) electrons. The van der Waals surface area contributed by atoms with Crippen molar-refractivity contribution in [1.82, 2.24) is 0 Å². The van der Waals surface area contributed by atoms with Gasteiger partial charge in [0.25, 0.3) is 0 Å². The lowest BCUT2D eigenvalue weighted by molar-refractivity contribution is -0.00713. The van der Waals surface area contributed by atoms with Crippen LogP contribution in [0.4, 0.5) is 0 Å². The second-order valence-electron chi connectivity index (χ2n) is 6.68. The zero-order valence-electron chi connectivity index (χ0n) is 12.6. The number of hydrogen-bond acceptors (Lipinski definition) is 2. The molecule has 2 aliphatic rings. The predicted octanol–water partition coefficient (Wildman–Crippen LogP) is 3.88. The fraction of sp³-hybridized carbons (Fsp3) is 0.474. The number of benzene rings is 1.